The number of carbonyl (C=O) groups is 4. The summed E-state index contributed by atoms with van der Waals surface area (Å²) in [5.41, 5.74) is -0.510. The molecule has 5 aliphatic rings. The van der Waals surface area contributed by atoms with Gasteiger partial charge in [-0.1, -0.05) is 43.2 Å². The largest absolute Gasteiger partial charge is 0.573 e. The van der Waals surface area contributed by atoms with Gasteiger partial charge in [-0.3, -0.25) is 24.0 Å². The molecule has 0 unspecified atom stereocenters. The molecule has 302 valence electrons. The van der Waals surface area contributed by atoms with Gasteiger partial charge >= 0.3 is 12.5 Å². The Morgan fingerprint density at radius 1 is 1.04 bits per heavy atom. The zero-order valence-electron chi connectivity index (χ0n) is 30.6. The van der Waals surface area contributed by atoms with E-state index in [0.29, 0.717) is 49.7 Å². The molecule has 3 fully saturated rings. The Morgan fingerprint density at radius 3 is 2.54 bits per heavy atom. The number of nitrogens with one attached hydrogen (secondary N) is 3. The van der Waals surface area contributed by atoms with Gasteiger partial charge in [0.2, 0.25) is 21.8 Å². The van der Waals surface area contributed by atoms with Crippen molar-refractivity contribution in [3.63, 3.8) is 0 Å². The number of hydrogen-bond donors (Lipinski definition) is 3. The van der Waals surface area contributed by atoms with Crippen LogP contribution in [-0.4, -0.2) is 83.4 Å². The summed E-state index contributed by atoms with van der Waals surface area (Å²) >= 11 is 0. The Labute approximate surface area is 321 Å². The van der Waals surface area contributed by atoms with Crippen molar-refractivity contribution in [1.82, 2.24) is 19.8 Å². The normalized spacial score (nSPS) is 27.4. The quantitative estimate of drug-likeness (QED) is 0.258. The fourth-order valence-electron chi connectivity index (χ4n) is 7.66. The second-order valence-electron chi connectivity index (χ2n) is 15.5. The van der Waals surface area contributed by atoms with Crippen LogP contribution in [0, 0.1) is 11.7 Å². The van der Waals surface area contributed by atoms with E-state index in [9.17, 15) is 45.2 Å². The molecule has 1 saturated heterocycles. The zero-order valence-corrected chi connectivity index (χ0v) is 31.4. The smallest absolute Gasteiger partial charge is 0.444 e. The molecule has 0 bridgehead atoms. The molecule has 3 N–H and O–H groups in total. The summed E-state index contributed by atoms with van der Waals surface area (Å²) in [5.74, 6) is -3.78. The highest BCUT2D eigenvalue weighted by molar-refractivity contribution is 7.91. The molecule has 0 radical (unpaired) electrons. The lowest BCUT2D eigenvalue weighted by atomic mass is 10.0. The highest BCUT2D eigenvalue weighted by Gasteiger charge is 2.63. The Hall–Kier alpha value is -4.87. The number of rotatable bonds is 7. The van der Waals surface area contributed by atoms with Gasteiger partial charge in [0.25, 0.3) is 5.91 Å². The summed E-state index contributed by atoms with van der Waals surface area (Å²) in [7, 11) is -4.06. The van der Waals surface area contributed by atoms with Gasteiger partial charge < -0.3 is 25.0 Å². The Kier molecular flexibility index (Phi) is 10.5. The van der Waals surface area contributed by atoms with Crippen LogP contribution in [0.4, 0.5) is 28.0 Å². The van der Waals surface area contributed by atoms with Gasteiger partial charge in [0.05, 0.1) is 17.8 Å². The maximum Gasteiger partial charge on any atom is 0.573 e. The summed E-state index contributed by atoms with van der Waals surface area (Å²) in [6.45, 7) is 1.33. The van der Waals surface area contributed by atoms with Crippen molar-refractivity contribution >= 4 is 39.5 Å². The Bertz CT molecular complexity index is 2040. The number of alkyl halides is 3. The van der Waals surface area contributed by atoms with Gasteiger partial charge in [0.15, 0.2) is 0 Å². The molecule has 2 aromatic rings. The minimum Gasteiger partial charge on any atom is -0.444 e. The van der Waals surface area contributed by atoms with Crippen LogP contribution in [0.1, 0.15) is 75.8 Å². The van der Waals surface area contributed by atoms with Crippen LogP contribution < -0.4 is 20.1 Å². The first-order valence-electron chi connectivity index (χ1n) is 18.7. The summed E-state index contributed by atoms with van der Waals surface area (Å²) < 4.78 is 90.7. The molecule has 7 rings (SSSR count). The van der Waals surface area contributed by atoms with E-state index >= 15 is 0 Å². The van der Waals surface area contributed by atoms with E-state index in [1.54, 1.807) is 12.1 Å². The summed E-state index contributed by atoms with van der Waals surface area (Å²) in [5, 5.41) is 5.78. The zero-order chi connectivity index (χ0) is 40.0. The number of carbonyl (C=O) groups excluding carboxylic acids is 4. The third-order valence-corrected chi connectivity index (χ3v) is 13.5. The number of fused-ring (bicyclic) bond motifs is 3. The third-order valence-electron chi connectivity index (χ3n) is 11.3. The summed E-state index contributed by atoms with van der Waals surface area (Å²) in [6, 6.07) is 7.20. The van der Waals surface area contributed by atoms with Crippen LogP contribution in [0.25, 0.3) is 0 Å². The number of nitrogens with zero attached hydrogens (tertiary/aromatic N) is 2. The van der Waals surface area contributed by atoms with E-state index < -0.39 is 86.2 Å². The predicted octanol–water partition coefficient (Wildman–Crippen LogP) is 5.02. The number of halogens is 4. The topological polar surface area (TPSA) is 163 Å². The second-order valence-corrected chi connectivity index (χ2v) is 17.7. The van der Waals surface area contributed by atoms with Crippen molar-refractivity contribution in [2.24, 2.45) is 5.92 Å². The maximum absolute atomic E-state index is 14.5. The lowest BCUT2D eigenvalue weighted by Crippen LogP contribution is -2.58. The summed E-state index contributed by atoms with van der Waals surface area (Å²) in [6.07, 6.45) is 0.304. The molecule has 2 aliphatic carbocycles. The lowest BCUT2D eigenvalue weighted by Gasteiger charge is -2.30. The molecule has 0 spiro atoms. The van der Waals surface area contributed by atoms with Crippen LogP contribution in [0.2, 0.25) is 0 Å². The van der Waals surface area contributed by atoms with Gasteiger partial charge in [-0.25, -0.2) is 17.6 Å². The van der Waals surface area contributed by atoms with Crippen LogP contribution in [0.15, 0.2) is 54.6 Å². The minimum absolute atomic E-state index is 0.0439. The van der Waals surface area contributed by atoms with Crippen LogP contribution in [0.3, 0.4) is 0 Å². The molecule has 2 aromatic carbocycles. The fraction of sp³-hybridized carbons (Fsp3) is 0.526. The SMILES string of the molecule is CC1(S(=O)(=O)NC(=O)[C@@]23C[C@H]2C=CCCCCC[C@H](Nc2cccc(OC(F)(F)F)c2)C(=O)N2C[C@H](OC(=O)N4Cc5cccc(F)c5C4)C[C@H]2C(=O)N3)CC1. The Balaban J connectivity index is 1.16. The van der Waals surface area contributed by atoms with E-state index in [4.69, 9.17) is 4.74 Å². The molecule has 13 nitrogen and oxygen atoms in total. The molecule has 5 atom stereocenters. The molecule has 0 aromatic heterocycles. The fourth-order valence-corrected chi connectivity index (χ4v) is 8.97. The monoisotopic (exact) mass is 805 g/mol. The number of hydrogen-bond acceptors (Lipinski definition) is 9. The average Bonchev–Trinajstić information content (AvgIpc) is 3.92. The van der Waals surface area contributed by atoms with E-state index in [2.05, 4.69) is 20.1 Å². The first-order chi connectivity index (χ1) is 26.5. The van der Waals surface area contributed by atoms with Gasteiger partial charge in [0, 0.05) is 36.2 Å². The third kappa shape index (κ3) is 8.30. The number of anilines is 1. The number of benzene rings is 2. The number of ether oxygens (including phenoxy) is 2. The van der Waals surface area contributed by atoms with Crippen molar-refractivity contribution in [1.29, 1.82) is 0 Å². The molecule has 18 heteroatoms. The number of allylic oxidation sites excluding steroid dienone is 1. The minimum atomic E-state index is -4.95. The number of sulfonamides is 1. The van der Waals surface area contributed by atoms with E-state index in [0.717, 1.165) is 12.1 Å². The molecule has 56 heavy (non-hydrogen) atoms. The first-order valence-corrected chi connectivity index (χ1v) is 20.2. The van der Waals surface area contributed by atoms with Gasteiger partial charge in [-0.2, -0.15) is 0 Å². The van der Waals surface area contributed by atoms with Crippen molar-refractivity contribution in [3.05, 3.63) is 71.6 Å². The molecule has 4 amide bonds. The van der Waals surface area contributed by atoms with Crippen molar-refractivity contribution in [3.8, 4) is 5.75 Å². The average molecular weight is 806 g/mol. The molecule has 3 aliphatic heterocycles. The predicted molar refractivity (Wildman–Crippen MR) is 192 cm³/mol. The van der Waals surface area contributed by atoms with E-state index in [1.165, 1.54) is 41.0 Å². The van der Waals surface area contributed by atoms with E-state index in [1.807, 2.05) is 6.08 Å². The van der Waals surface area contributed by atoms with E-state index in [-0.39, 0.29) is 44.6 Å². The Morgan fingerprint density at radius 2 is 1.80 bits per heavy atom. The molecular formula is C38H43F4N5O8S. The summed E-state index contributed by atoms with van der Waals surface area (Å²) in [4.78, 5) is 58.6. The highest BCUT2D eigenvalue weighted by Crippen LogP contribution is 2.47. The molecule has 3 heterocycles. The van der Waals surface area contributed by atoms with Crippen LogP contribution in [0.5, 0.6) is 5.75 Å². The van der Waals surface area contributed by atoms with Crippen molar-refractivity contribution in [2.75, 3.05) is 11.9 Å². The number of amides is 4. The highest BCUT2D eigenvalue weighted by atomic mass is 32.2. The molecule has 2 saturated carbocycles. The van der Waals surface area contributed by atoms with Crippen molar-refractivity contribution < 1.29 is 54.6 Å². The first kappa shape index (κ1) is 39.4. The maximum atomic E-state index is 14.5. The van der Waals surface area contributed by atoms with Gasteiger partial charge in [-0.15, -0.1) is 13.2 Å². The second kappa shape index (κ2) is 14.9. The van der Waals surface area contributed by atoms with Crippen LogP contribution in [-0.2, 0) is 42.2 Å². The van der Waals surface area contributed by atoms with Gasteiger partial charge in [-0.05, 0) is 69.2 Å². The van der Waals surface area contributed by atoms with Crippen LogP contribution >= 0.6 is 0 Å². The van der Waals surface area contributed by atoms with Gasteiger partial charge in [0.1, 0.15) is 35.3 Å². The molecular weight excluding hydrogens is 763 g/mol. The lowest BCUT2D eigenvalue weighted by molar-refractivity contribution is -0.274. The van der Waals surface area contributed by atoms with Crippen molar-refractivity contribution in [2.45, 2.75) is 113 Å². The standard InChI is InChI=1S/C38H43F4N5O8S/c1-36(15-16-36)56(52,53)45-34(50)37-19-24(37)10-5-3-2-4-6-14-30(43-25-11-8-12-26(17-25)55-38(40,41)42)33(49)47-21-27(18-31(47)32(48)44-37)54-35(51)46-20-23-9-7-13-29(39)28(23)22-46/h5,7-13,17,24,27,30-31,43H,2-4,6,14-16,18-22H2,1H3,(H,44,48)(H,45,50)/t24-,27-,30+,31+,37-/m1/s1.